The topological polar surface area (TPSA) is 80.8 Å². The molecule has 1 amide bonds. The molecular weight excluding hydrogens is 397 g/mol. The first-order valence-corrected chi connectivity index (χ1v) is 10.0. The van der Waals surface area contributed by atoms with Gasteiger partial charge in [-0.3, -0.25) is 4.79 Å². The normalized spacial score (nSPS) is 11.1. The minimum Gasteiger partial charge on any atom is -0.452 e. The number of hydrogen-bond acceptors (Lipinski definition) is 5. The summed E-state index contributed by atoms with van der Waals surface area (Å²) in [5, 5.41) is -0.000407. The van der Waals surface area contributed by atoms with Gasteiger partial charge in [-0.05, 0) is 24.3 Å². The van der Waals surface area contributed by atoms with E-state index < -0.39 is 34.1 Å². The van der Waals surface area contributed by atoms with Gasteiger partial charge in [-0.15, -0.1) is 0 Å². The van der Waals surface area contributed by atoms with Crippen LogP contribution in [0.1, 0.15) is 15.9 Å². The Bertz CT molecular complexity index is 977. The van der Waals surface area contributed by atoms with Crippen molar-refractivity contribution >= 4 is 33.3 Å². The van der Waals surface area contributed by atoms with Crippen LogP contribution < -0.4 is 0 Å². The molecule has 27 heavy (non-hydrogen) atoms. The summed E-state index contributed by atoms with van der Waals surface area (Å²) in [6.07, 6.45) is 0.993. The Balaban J connectivity index is 2.03. The largest absolute Gasteiger partial charge is 0.452 e. The van der Waals surface area contributed by atoms with E-state index in [-0.39, 0.29) is 22.0 Å². The van der Waals surface area contributed by atoms with E-state index in [0.29, 0.717) is 5.56 Å². The Morgan fingerprint density at radius 3 is 2.48 bits per heavy atom. The molecule has 0 aliphatic carbocycles. The van der Waals surface area contributed by atoms with E-state index in [4.69, 9.17) is 16.3 Å². The summed E-state index contributed by atoms with van der Waals surface area (Å²) in [5.41, 5.74) is 0.160. The lowest BCUT2D eigenvalue weighted by atomic mass is 10.2. The summed E-state index contributed by atoms with van der Waals surface area (Å²) >= 11 is 5.91. The van der Waals surface area contributed by atoms with Crippen LogP contribution in [0.25, 0.3) is 0 Å². The van der Waals surface area contributed by atoms with Gasteiger partial charge in [-0.2, -0.15) is 0 Å². The number of likely N-dealkylation sites (N-methyl/N-ethyl adjacent to an activating group) is 1. The van der Waals surface area contributed by atoms with Crippen LogP contribution in [0.15, 0.2) is 47.4 Å². The van der Waals surface area contributed by atoms with Gasteiger partial charge in [0, 0.05) is 25.4 Å². The van der Waals surface area contributed by atoms with Crippen molar-refractivity contribution in [3.8, 4) is 0 Å². The summed E-state index contributed by atoms with van der Waals surface area (Å²) in [7, 11) is -2.09. The van der Waals surface area contributed by atoms with Crippen LogP contribution in [0, 0.1) is 5.82 Å². The van der Waals surface area contributed by atoms with Gasteiger partial charge in [-0.1, -0.05) is 29.8 Å². The maximum atomic E-state index is 13.6. The van der Waals surface area contributed by atoms with Crippen molar-refractivity contribution in [2.24, 2.45) is 0 Å². The molecule has 0 bridgehead atoms. The van der Waals surface area contributed by atoms with E-state index in [9.17, 15) is 22.4 Å². The highest BCUT2D eigenvalue weighted by molar-refractivity contribution is 7.90. The zero-order chi connectivity index (χ0) is 20.2. The second kappa shape index (κ2) is 8.49. The van der Waals surface area contributed by atoms with Crippen LogP contribution in [0.5, 0.6) is 0 Å². The SMILES string of the molecule is CN(Cc1ccccc1F)C(=O)COC(=O)c1cc(S(C)(=O)=O)ccc1Cl. The Morgan fingerprint density at radius 1 is 1.19 bits per heavy atom. The predicted molar refractivity (Wildman–Crippen MR) is 97.7 cm³/mol. The lowest BCUT2D eigenvalue weighted by Gasteiger charge is -2.17. The minimum absolute atomic E-state index is 0.000407. The minimum atomic E-state index is -3.54. The average molecular weight is 414 g/mol. The van der Waals surface area contributed by atoms with E-state index in [1.54, 1.807) is 12.1 Å². The number of rotatable bonds is 6. The monoisotopic (exact) mass is 413 g/mol. The zero-order valence-corrected chi connectivity index (χ0v) is 16.2. The molecule has 0 heterocycles. The van der Waals surface area contributed by atoms with Crippen molar-refractivity contribution in [3.63, 3.8) is 0 Å². The first-order chi connectivity index (χ1) is 12.6. The second-order valence-electron chi connectivity index (χ2n) is 5.83. The summed E-state index contributed by atoms with van der Waals surface area (Å²) < 4.78 is 41.7. The second-order valence-corrected chi connectivity index (χ2v) is 8.25. The van der Waals surface area contributed by atoms with Gasteiger partial charge in [0.15, 0.2) is 16.4 Å². The van der Waals surface area contributed by atoms with E-state index in [2.05, 4.69) is 0 Å². The molecule has 0 fully saturated rings. The molecule has 0 saturated carbocycles. The molecule has 144 valence electrons. The molecule has 9 heteroatoms. The molecule has 0 aliphatic heterocycles. The molecule has 0 radical (unpaired) electrons. The third-order valence-corrected chi connectivity index (χ3v) is 5.14. The summed E-state index contributed by atoms with van der Waals surface area (Å²) in [4.78, 5) is 25.4. The third-order valence-electron chi connectivity index (χ3n) is 3.70. The molecule has 0 aliphatic rings. The van der Waals surface area contributed by atoms with Crippen molar-refractivity contribution < 1.29 is 27.1 Å². The molecule has 0 unspecified atom stereocenters. The number of carbonyl (C=O) groups excluding carboxylic acids is 2. The summed E-state index contributed by atoms with van der Waals surface area (Å²) in [5.74, 6) is -1.93. The van der Waals surface area contributed by atoms with Gasteiger partial charge in [0.25, 0.3) is 5.91 Å². The molecule has 2 aromatic carbocycles. The Hall–Kier alpha value is -2.45. The number of esters is 1. The highest BCUT2D eigenvalue weighted by Gasteiger charge is 2.19. The van der Waals surface area contributed by atoms with Gasteiger partial charge in [0.1, 0.15) is 5.82 Å². The third kappa shape index (κ3) is 5.51. The van der Waals surface area contributed by atoms with Crippen molar-refractivity contribution in [2.45, 2.75) is 11.4 Å². The predicted octanol–water partition coefficient (Wildman–Crippen LogP) is 2.70. The Morgan fingerprint density at radius 2 is 1.85 bits per heavy atom. The average Bonchev–Trinajstić information content (AvgIpc) is 2.60. The molecule has 2 rings (SSSR count). The van der Waals surface area contributed by atoms with Crippen LogP contribution >= 0.6 is 11.6 Å². The number of halogens is 2. The van der Waals surface area contributed by atoms with E-state index in [1.165, 1.54) is 36.2 Å². The number of nitrogens with zero attached hydrogens (tertiary/aromatic N) is 1. The fraction of sp³-hybridized carbons (Fsp3) is 0.222. The van der Waals surface area contributed by atoms with Gasteiger partial charge < -0.3 is 9.64 Å². The first-order valence-electron chi connectivity index (χ1n) is 7.73. The zero-order valence-electron chi connectivity index (χ0n) is 14.6. The van der Waals surface area contributed by atoms with Crippen LogP contribution in [0.4, 0.5) is 4.39 Å². The van der Waals surface area contributed by atoms with Crippen LogP contribution in [0.3, 0.4) is 0 Å². The van der Waals surface area contributed by atoms with Crippen LogP contribution in [0.2, 0.25) is 5.02 Å². The standard InChI is InChI=1S/C18H17ClFNO5S/c1-21(10-12-5-3-4-6-16(12)20)17(22)11-26-18(23)14-9-13(27(2,24)25)7-8-15(14)19/h3-9H,10-11H2,1-2H3. The molecule has 0 aromatic heterocycles. The fourth-order valence-corrected chi connectivity index (χ4v) is 3.02. The molecule has 6 nitrogen and oxygen atoms in total. The molecule has 0 saturated heterocycles. The molecule has 0 spiro atoms. The molecule has 2 aromatic rings. The van der Waals surface area contributed by atoms with Crippen LogP contribution in [-0.2, 0) is 25.9 Å². The summed E-state index contributed by atoms with van der Waals surface area (Å²) in [6, 6.07) is 9.63. The van der Waals surface area contributed by atoms with Crippen molar-refractivity contribution in [2.75, 3.05) is 19.9 Å². The Kier molecular flexibility index (Phi) is 6.56. The number of ether oxygens (including phenoxy) is 1. The molecule has 0 N–H and O–H groups in total. The maximum Gasteiger partial charge on any atom is 0.340 e. The highest BCUT2D eigenvalue weighted by atomic mass is 35.5. The number of sulfone groups is 1. The molecule has 0 atom stereocenters. The van der Waals surface area contributed by atoms with E-state index >= 15 is 0 Å². The Labute approximate surface area is 161 Å². The fourth-order valence-electron chi connectivity index (χ4n) is 2.18. The van der Waals surface area contributed by atoms with Crippen molar-refractivity contribution in [1.29, 1.82) is 0 Å². The highest BCUT2D eigenvalue weighted by Crippen LogP contribution is 2.21. The lowest BCUT2D eigenvalue weighted by Crippen LogP contribution is -2.31. The van der Waals surface area contributed by atoms with Gasteiger partial charge in [0.2, 0.25) is 0 Å². The van der Waals surface area contributed by atoms with Gasteiger partial charge in [0.05, 0.1) is 15.5 Å². The number of benzene rings is 2. The number of hydrogen-bond donors (Lipinski definition) is 0. The number of carbonyl (C=O) groups is 2. The molecular formula is C18H17ClFNO5S. The van der Waals surface area contributed by atoms with Gasteiger partial charge >= 0.3 is 5.97 Å². The lowest BCUT2D eigenvalue weighted by molar-refractivity contribution is -0.133. The smallest absolute Gasteiger partial charge is 0.340 e. The van der Waals surface area contributed by atoms with Crippen molar-refractivity contribution in [1.82, 2.24) is 4.90 Å². The quantitative estimate of drug-likeness (QED) is 0.680. The van der Waals surface area contributed by atoms with Gasteiger partial charge in [-0.25, -0.2) is 17.6 Å². The van der Waals surface area contributed by atoms with E-state index in [0.717, 1.165) is 12.3 Å². The van der Waals surface area contributed by atoms with E-state index in [1.807, 2.05) is 0 Å². The summed E-state index contributed by atoms with van der Waals surface area (Å²) in [6.45, 7) is -0.587. The number of amides is 1. The van der Waals surface area contributed by atoms with Crippen LogP contribution in [-0.4, -0.2) is 45.1 Å². The van der Waals surface area contributed by atoms with Crippen molar-refractivity contribution in [3.05, 3.63) is 64.4 Å². The maximum absolute atomic E-state index is 13.6. The first kappa shape index (κ1) is 20.9.